The van der Waals surface area contributed by atoms with Crippen LogP contribution in [0.2, 0.25) is 0 Å². The molecule has 6 atom stereocenters. The average Bonchev–Trinajstić information content (AvgIpc) is 3.43. The van der Waals surface area contributed by atoms with Crippen molar-refractivity contribution in [2.75, 3.05) is 12.9 Å². The SMILES string of the molecule is CSc1ccc(OC23CC4CC5C(CO)C(C2)C5(C4)C3)c(-c2cn(C)c(=O)c3[nH]ccc23)c1. The molecule has 0 aliphatic heterocycles. The van der Waals surface area contributed by atoms with Gasteiger partial charge in [-0.1, -0.05) is 0 Å². The molecule has 0 amide bonds. The first-order valence-corrected chi connectivity index (χ1v) is 13.3. The number of aryl methyl sites for hydroxylation is 1. The van der Waals surface area contributed by atoms with E-state index in [0.717, 1.165) is 47.4 Å². The highest BCUT2D eigenvalue weighted by Crippen LogP contribution is 2.78. The molecule has 33 heavy (non-hydrogen) atoms. The number of ether oxygens (including phenoxy) is 1. The van der Waals surface area contributed by atoms with Crippen LogP contribution in [0, 0.1) is 29.1 Å². The van der Waals surface area contributed by atoms with Gasteiger partial charge in [-0.25, -0.2) is 0 Å². The molecule has 4 saturated carbocycles. The molecule has 4 aliphatic rings. The predicted molar refractivity (Wildman–Crippen MR) is 131 cm³/mol. The van der Waals surface area contributed by atoms with Crippen molar-refractivity contribution in [1.29, 1.82) is 0 Å². The van der Waals surface area contributed by atoms with Crippen LogP contribution < -0.4 is 10.3 Å². The molecule has 4 fully saturated rings. The Morgan fingerprint density at radius 1 is 1.21 bits per heavy atom. The van der Waals surface area contributed by atoms with Crippen molar-refractivity contribution in [2.45, 2.75) is 42.6 Å². The number of aliphatic hydroxyl groups is 1. The number of benzene rings is 1. The molecule has 7 rings (SSSR count). The van der Waals surface area contributed by atoms with Crippen LogP contribution in [0.25, 0.3) is 22.0 Å². The van der Waals surface area contributed by atoms with Gasteiger partial charge in [0.1, 0.15) is 16.9 Å². The van der Waals surface area contributed by atoms with Crippen molar-refractivity contribution in [1.82, 2.24) is 9.55 Å². The van der Waals surface area contributed by atoms with Gasteiger partial charge in [0.05, 0.1) is 0 Å². The fourth-order valence-electron chi connectivity index (χ4n) is 8.61. The van der Waals surface area contributed by atoms with E-state index >= 15 is 0 Å². The van der Waals surface area contributed by atoms with Crippen LogP contribution in [-0.4, -0.2) is 33.1 Å². The van der Waals surface area contributed by atoms with Crippen LogP contribution in [0.1, 0.15) is 32.1 Å². The average molecular weight is 463 g/mol. The Morgan fingerprint density at radius 3 is 2.91 bits per heavy atom. The smallest absolute Gasteiger partial charge is 0.274 e. The van der Waals surface area contributed by atoms with Crippen molar-refractivity contribution < 1.29 is 9.84 Å². The Hall–Kier alpha value is -2.18. The molecule has 1 aromatic carbocycles. The number of H-pyrrole nitrogens is 1. The number of nitrogens with one attached hydrogen (secondary N) is 1. The first kappa shape index (κ1) is 20.2. The summed E-state index contributed by atoms with van der Waals surface area (Å²) in [4.78, 5) is 17.0. The highest BCUT2D eigenvalue weighted by atomic mass is 32.2. The maximum atomic E-state index is 12.7. The van der Waals surface area contributed by atoms with Gasteiger partial charge in [0.15, 0.2) is 0 Å². The van der Waals surface area contributed by atoms with E-state index in [4.69, 9.17) is 4.74 Å². The molecule has 4 aliphatic carbocycles. The highest BCUT2D eigenvalue weighted by Gasteiger charge is 2.75. The highest BCUT2D eigenvalue weighted by molar-refractivity contribution is 7.98. The van der Waals surface area contributed by atoms with E-state index in [1.165, 1.54) is 17.7 Å². The zero-order valence-corrected chi connectivity index (χ0v) is 20.0. The van der Waals surface area contributed by atoms with Gasteiger partial charge < -0.3 is 19.4 Å². The molecule has 3 aromatic rings. The van der Waals surface area contributed by atoms with Gasteiger partial charge in [-0.15, -0.1) is 11.8 Å². The number of aliphatic hydroxyl groups excluding tert-OH is 1. The lowest BCUT2D eigenvalue weighted by Gasteiger charge is -2.55. The Labute approximate surface area is 197 Å². The number of hydrogen-bond acceptors (Lipinski definition) is 4. The standard InChI is InChI=1S/C27H30N2O3S/c1-29-12-19(17-5-6-28-24(17)25(29)31)18-8-16(33-2)3-4-23(18)32-26-9-15-7-21-20(13-30)22(11-26)27(21,10-15)14-26/h3-6,8,12,15,20-22,28,30H,7,9-11,13-14H2,1-2H3. The summed E-state index contributed by atoms with van der Waals surface area (Å²) in [5, 5.41) is 11.0. The monoisotopic (exact) mass is 462 g/mol. The lowest BCUT2D eigenvalue weighted by Crippen LogP contribution is -2.52. The quantitative estimate of drug-likeness (QED) is 0.534. The zero-order chi connectivity index (χ0) is 22.5. The maximum absolute atomic E-state index is 12.7. The van der Waals surface area contributed by atoms with E-state index in [1.807, 2.05) is 25.5 Å². The van der Waals surface area contributed by atoms with Crippen LogP contribution in [0.3, 0.4) is 0 Å². The molecule has 3 bridgehead atoms. The van der Waals surface area contributed by atoms with E-state index in [2.05, 4.69) is 29.4 Å². The molecular weight excluding hydrogens is 432 g/mol. The van der Waals surface area contributed by atoms with Crippen molar-refractivity contribution in [2.24, 2.45) is 36.1 Å². The number of fused-ring (bicyclic) bond motifs is 3. The number of rotatable bonds is 5. The van der Waals surface area contributed by atoms with E-state index in [1.54, 1.807) is 16.3 Å². The summed E-state index contributed by atoms with van der Waals surface area (Å²) in [6.45, 7) is 0.330. The van der Waals surface area contributed by atoms with Crippen LogP contribution >= 0.6 is 11.8 Å². The van der Waals surface area contributed by atoms with Gasteiger partial charge >= 0.3 is 0 Å². The van der Waals surface area contributed by atoms with E-state index in [-0.39, 0.29) is 11.2 Å². The number of pyridine rings is 1. The number of thioether (sulfide) groups is 1. The molecule has 2 N–H and O–H groups in total. The minimum absolute atomic E-state index is 0.0164. The van der Waals surface area contributed by atoms with Gasteiger partial charge in [-0.3, -0.25) is 4.79 Å². The third-order valence-corrected chi connectivity index (χ3v) is 10.3. The van der Waals surface area contributed by atoms with Gasteiger partial charge in [0.25, 0.3) is 5.56 Å². The molecular formula is C27H30N2O3S. The van der Waals surface area contributed by atoms with Gasteiger partial charge in [-0.05, 0) is 91.7 Å². The minimum atomic E-state index is -0.125. The third-order valence-electron chi connectivity index (χ3n) is 9.58. The largest absolute Gasteiger partial charge is 0.487 e. The Bertz CT molecular complexity index is 1340. The van der Waals surface area contributed by atoms with E-state index < -0.39 is 0 Å². The number of hydrogen-bond donors (Lipinski definition) is 2. The number of aromatic nitrogens is 2. The van der Waals surface area contributed by atoms with Gasteiger partial charge in [0, 0.05) is 47.5 Å². The first-order chi connectivity index (χ1) is 16.0. The first-order valence-electron chi connectivity index (χ1n) is 12.1. The number of aromatic amines is 1. The van der Waals surface area contributed by atoms with E-state index in [0.29, 0.717) is 35.3 Å². The molecule has 2 aromatic heterocycles. The summed E-state index contributed by atoms with van der Waals surface area (Å²) < 4.78 is 8.75. The molecule has 1 spiro atoms. The zero-order valence-electron chi connectivity index (χ0n) is 19.1. The summed E-state index contributed by atoms with van der Waals surface area (Å²) in [5.41, 5.74) is 2.99. The second kappa shape index (κ2) is 6.70. The Kier molecular flexibility index (Phi) is 4.10. The lowest BCUT2D eigenvalue weighted by molar-refractivity contribution is -0.101. The fraction of sp³-hybridized carbons (Fsp3) is 0.519. The second-order valence-corrected chi connectivity index (χ2v) is 11.9. The molecule has 6 heteroatoms. The maximum Gasteiger partial charge on any atom is 0.274 e. The van der Waals surface area contributed by atoms with Crippen molar-refractivity contribution in [3.63, 3.8) is 0 Å². The van der Waals surface area contributed by atoms with Crippen LogP contribution in [-0.2, 0) is 7.05 Å². The predicted octanol–water partition coefficient (Wildman–Crippen LogP) is 4.82. The molecule has 6 unspecified atom stereocenters. The van der Waals surface area contributed by atoms with Crippen molar-refractivity contribution >= 4 is 22.7 Å². The molecule has 0 radical (unpaired) electrons. The topological polar surface area (TPSA) is 67.2 Å². The molecule has 5 nitrogen and oxygen atoms in total. The molecule has 2 heterocycles. The van der Waals surface area contributed by atoms with Gasteiger partial charge in [-0.2, -0.15) is 0 Å². The van der Waals surface area contributed by atoms with Crippen molar-refractivity contribution in [3.05, 3.63) is 47.0 Å². The third kappa shape index (κ3) is 2.57. The molecule has 172 valence electrons. The summed E-state index contributed by atoms with van der Waals surface area (Å²) in [7, 11) is 1.81. The second-order valence-electron chi connectivity index (χ2n) is 11.1. The minimum Gasteiger partial charge on any atom is -0.487 e. The van der Waals surface area contributed by atoms with Crippen LogP contribution in [0.4, 0.5) is 0 Å². The Balaban J connectivity index is 1.35. The summed E-state index contributed by atoms with van der Waals surface area (Å²) >= 11 is 1.72. The fourth-order valence-corrected chi connectivity index (χ4v) is 9.05. The molecule has 0 saturated heterocycles. The summed E-state index contributed by atoms with van der Waals surface area (Å²) in [6, 6.07) is 8.48. The van der Waals surface area contributed by atoms with Gasteiger partial charge in [0.2, 0.25) is 0 Å². The van der Waals surface area contributed by atoms with Crippen molar-refractivity contribution in [3.8, 4) is 16.9 Å². The van der Waals surface area contributed by atoms with Crippen LogP contribution in [0.15, 0.2) is 46.3 Å². The normalized spacial score (nSPS) is 35.7. The van der Waals surface area contributed by atoms with Crippen LogP contribution in [0.5, 0.6) is 5.75 Å². The van der Waals surface area contributed by atoms with E-state index in [9.17, 15) is 9.90 Å². The number of nitrogens with zero attached hydrogens (tertiary/aromatic N) is 1. The lowest BCUT2D eigenvalue weighted by atomic mass is 9.49. The summed E-state index contributed by atoms with van der Waals surface area (Å²) in [6.07, 6.45) is 11.8. The summed E-state index contributed by atoms with van der Waals surface area (Å²) in [5.74, 6) is 3.44. The Morgan fingerprint density at radius 2 is 2.09 bits per heavy atom.